The van der Waals surface area contributed by atoms with Crippen molar-refractivity contribution in [2.75, 3.05) is 11.9 Å². The summed E-state index contributed by atoms with van der Waals surface area (Å²) in [5.74, 6) is 0.314. The Morgan fingerprint density at radius 1 is 1.29 bits per heavy atom. The molecule has 24 heavy (non-hydrogen) atoms. The number of nitrogens with zero attached hydrogens (tertiary/aromatic N) is 1. The number of carbonyl (C=O) groups excluding carboxylic acids is 1. The lowest BCUT2D eigenvalue weighted by atomic mass is 10.1. The van der Waals surface area contributed by atoms with E-state index >= 15 is 0 Å². The fourth-order valence-electron chi connectivity index (χ4n) is 2.14. The van der Waals surface area contributed by atoms with Crippen molar-refractivity contribution in [2.45, 2.75) is 13.8 Å². The van der Waals surface area contributed by atoms with E-state index in [9.17, 15) is 14.9 Å². The molecule has 0 aliphatic carbocycles. The molecule has 2 aromatic carbocycles. The summed E-state index contributed by atoms with van der Waals surface area (Å²) in [5.41, 5.74) is 1.67. The molecule has 0 aliphatic rings. The molecule has 0 unspecified atom stereocenters. The summed E-state index contributed by atoms with van der Waals surface area (Å²) < 4.78 is 5.48. The summed E-state index contributed by atoms with van der Waals surface area (Å²) in [4.78, 5) is 22.5. The number of benzene rings is 2. The van der Waals surface area contributed by atoms with Crippen LogP contribution in [0.25, 0.3) is 6.08 Å². The largest absolute Gasteiger partial charge is 0.493 e. The van der Waals surface area contributed by atoms with Gasteiger partial charge in [0.15, 0.2) is 0 Å². The van der Waals surface area contributed by atoms with Crippen LogP contribution in [0.2, 0.25) is 0 Å². The monoisotopic (exact) mass is 326 g/mol. The molecule has 0 bridgehead atoms. The van der Waals surface area contributed by atoms with Crippen molar-refractivity contribution in [3.63, 3.8) is 0 Å². The van der Waals surface area contributed by atoms with Crippen molar-refractivity contribution in [1.82, 2.24) is 0 Å². The minimum atomic E-state index is -0.473. The molecule has 6 nitrogen and oxygen atoms in total. The van der Waals surface area contributed by atoms with Crippen molar-refractivity contribution in [3.8, 4) is 5.75 Å². The predicted molar refractivity (Wildman–Crippen MR) is 93.1 cm³/mol. The van der Waals surface area contributed by atoms with Crippen LogP contribution in [0.4, 0.5) is 11.4 Å². The van der Waals surface area contributed by atoms with Crippen molar-refractivity contribution >= 4 is 23.4 Å². The maximum Gasteiger partial charge on any atom is 0.274 e. The van der Waals surface area contributed by atoms with Crippen LogP contribution in [-0.2, 0) is 4.79 Å². The normalized spacial score (nSPS) is 10.6. The number of nitrogens with one attached hydrogen (secondary N) is 1. The Hall–Kier alpha value is -3.15. The molecule has 0 spiro atoms. The molecule has 0 aromatic heterocycles. The number of rotatable bonds is 6. The van der Waals surface area contributed by atoms with E-state index in [2.05, 4.69) is 5.32 Å². The zero-order chi connectivity index (χ0) is 17.5. The van der Waals surface area contributed by atoms with Crippen LogP contribution in [0.1, 0.15) is 18.1 Å². The first-order chi connectivity index (χ1) is 11.5. The molecule has 1 N–H and O–H groups in total. The van der Waals surface area contributed by atoms with Gasteiger partial charge < -0.3 is 10.1 Å². The number of anilines is 1. The number of ether oxygens (including phenoxy) is 1. The van der Waals surface area contributed by atoms with Gasteiger partial charge in [-0.2, -0.15) is 0 Å². The zero-order valence-corrected chi connectivity index (χ0v) is 13.5. The number of nitro benzene ring substituents is 1. The van der Waals surface area contributed by atoms with Gasteiger partial charge >= 0.3 is 0 Å². The lowest BCUT2D eigenvalue weighted by Crippen LogP contribution is -2.08. The number of hydrogen-bond acceptors (Lipinski definition) is 4. The Kier molecular flexibility index (Phi) is 5.68. The van der Waals surface area contributed by atoms with Gasteiger partial charge in [0.05, 0.1) is 11.5 Å². The first-order valence-electron chi connectivity index (χ1n) is 7.47. The Labute approximate surface area is 139 Å². The van der Waals surface area contributed by atoms with Crippen molar-refractivity contribution in [1.29, 1.82) is 0 Å². The van der Waals surface area contributed by atoms with Crippen LogP contribution < -0.4 is 10.1 Å². The average Bonchev–Trinajstić information content (AvgIpc) is 2.56. The number of hydrogen-bond donors (Lipinski definition) is 1. The van der Waals surface area contributed by atoms with E-state index in [1.807, 2.05) is 31.2 Å². The quantitative estimate of drug-likeness (QED) is 0.495. The summed E-state index contributed by atoms with van der Waals surface area (Å²) >= 11 is 0. The van der Waals surface area contributed by atoms with Crippen molar-refractivity contribution in [3.05, 3.63) is 69.8 Å². The van der Waals surface area contributed by atoms with E-state index in [0.29, 0.717) is 23.6 Å². The Morgan fingerprint density at radius 2 is 2.04 bits per heavy atom. The van der Waals surface area contributed by atoms with Gasteiger partial charge in [0.2, 0.25) is 5.91 Å². The molecule has 1 amide bonds. The van der Waals surface area contributed by atoms with E-state index < -0.39 is 4.92 Å². The molecule has 2 aromatic rings. The molecule has 2 rings (SSSR count). The van der Waals surface area contributed by atoms with E-state index in [1.165, 1.54) is 12.1 Å². The molecule has 0 fully saturated rings. The van der Waals surface area contributed by atoms with Crippen molar-refractivity contribution in [2.24, 2.45) is 0 Å². The summed E-state index contributed by atoms with van der Waals surface area (Å²) in [6.07, 6.45) is 3.01. The number of nitro groups is 1. The highest BCUT2D eigenvalue weighted by atomic mass is 16.6. The molecular formula is C18H18N2O4. The van der Waals surface area contributed by atoms with Gasteiger partial charge in [-0.1, -0.05) is 24.3 Å². The minimum Gasteiger partial charge on any atom is -0.493 e. The molecule has 0 heterocycles. The second kappa shape index (κ2) is 7.92. The maximum absolute atomic E-state index is 12.0. The minimum absolute atomic E-state index is 0.0292. The van der Waals surface area contributed by atoms with Crippen molar-refractivity contribution < 1.29 is 14.5 Å². The number of carbonyl (C=O) groups is 1. The number of para-hydroxylation sites is 1. The third-order valence-electron chi connectivity index (χ3n) is 3.31. The molecule has 0 aliphatic heterocycles. The van der Waals surface area contributed by atoms with Crippen LogP contribution in [-0.4, -0.2) is 17.4 Å². The number of amides is 1. The molecule has 0 saturated heterocycles. The maximum atomic E-state index is 12.0. The predicted octanol–water partition coefficient (Wildman–Crippen LogP) is 3.95. The number of aryl methyl sites for hydroxylation is 1. The first-order valence-corrected chi connectivity index (χ1v) is 7.47. The van der Waals surface area contributed by atoms with Gasteiger partial charge in [0.1, 0.15) is 5.75 Å². The summed E-state index contributed by atoms with van der Waals surface area (Å²) in [6, 6.07) is 11.9. The fourth-order valence-corrected chi connectivity index (χ4v) is 2.14. The SMILES string of the molecule is CCOc1ccccc1/C=C/C(=O)Nc1ccc(C)c([N+](=O)[O-])c1. The fraction of sp³-hybridized carbons (Fsp3) is 0.167. The third-order valence-corrected chi connectivity index (χ3v) is 3.31. The second-order valence-electron chi connectivity index (χ2n) is 5.05. The van der Waals surface area contributed by atoms with E-state index in [0.717, 1.165) is 5.56 Å². The zero-order valence-electron chi connectivity index (χ0n) is 13.5. The highest BCUT2D eigenvalue weighted by Gasteiger charge is 2.11. The lowest BCUT2D eigenvalue weighted by Gasteiger charge is -2.06. The molecule has 0 saturated carbocycles. The van der Waals surface area contributed by atoms with Crippen LogP contribution >= 0.6 is 0 Å². The van der Waals surface area contributed by atoms with E-state index in [4.69, 9.17) is 4.74 Å². The highest BCUT2D eigenvalue weighted by Crippen LogP contribution is 2.23. The molecule has 0 atom stereocenters. The van der Waals surface area contributed by atoms with Crippen LogP contribution in [0.3, 0.4) is 0 Å². The van der Waals surface area contributed by atoms with Gasteiger partial charge in [-0.05, 0) is 32.1 Å². The van der Waals surface area contributed by atoms with Gasteiger partial charge in [-0.3, -0.25) is 14.9 Å². The summed E-state index contributed by atoms with van der Waals surface area (Å²) in [7, 11) is 0. The topological polar surface area (TPSA) is 81.5 Å². The molecule has 124 valence electrons. The molecule has 0 radical (unpaired) electrons. The average molecular weight is 326 g/mol. The van der Waals surface area contributed by atoms with Gasteiger partial charge in [0.25, 0.3) is 5.69 Å². The summed E-state index contributed by atoms with van der Waals surface area (Å²) in [5, 5.41) is 13.5. The van der Waals surface area contributed by atoms with E-state index in [1.54, 1.807) is 25.1 Å². The Morgan fingerprint density at radius 3 is 2.75 bits per heavy atom. The van der Waals surface area contributed by atoms with Crippen LogP contribution in [0.5, 0.6) is 5.75 Å². The Bertz CT molecular complexity index is 784. The lowest BCUT2D eigenvalue weighted by molar-refractivity contribution is -0.385. The third kappa shape index (κ3) is 4.42. The van der Waals surface area contributed by atoms with Crippen LogP contribution in [0.15, 0.2) is 48.5 Å². The Balaban J connectivity index is 2.11. The molecule has 6 heteroatoms. The van der Waals surface area contributed by atoms with Gasteiger partial charge in [-0.25, -0.2) is 0 Å². The van der Waals surface area contributed by atoms with E-state index in [-0.39, 0.29) is 11.6 Å². The highest BCUT2D eigenvalue weighted by molar-refractivity contribution is 6.02. The standard InChI is InChI=1S/C18H18N2O4/c1-3-24-17-7-5-4-6-14(17)9-11-18(21)19-15-10-8-13(2)16(12-15)20(22)23/h4-12H,3H2,1-2H3,(H,19,21)/b11-9+. The first kappa shape index (κ1) is 17.2. The molecular weight excluding hydrogens is 308 g/mol. The van der Waals surface area contributed by atoms with Crippen LogP contribution in [0, 0.1) is 17.0 Å². The van der Waals surface area contributed by atoms with Gasteiger partial charge in [-0.15, -0.1) is 0 Å². The smallest absolute Gasteiger partial charge is 0.274 e. The summed E-state index contributed by atoms with van der Waals surface area (Å²) in [6.45, 7) is 4.07. The van der Waals surface area contributed by atoms with Gasteiger partial charge in [0, 0.05) is 29.0 Å². The second-order valence-corrected chi connectivity index (χ2v) is 5.05.